The number of rotatable bonds is 6. The van der Waals surface area contributed by atoms with Crippen LogP contribution >= 0.6 is 11.3 Å². The van der Waals surface area contributed by atoms with Crippen LogP contribution in [0.5, 0.6) is 11.5 Å². The summed E-state index contributed by atoms with van der Waals surface area (Å²) in [5.74, 6) is 1.47. The fourth-order valence-electron chi connectivity index (χ4n) is 2.64. The van der Waals surface area contributed by atoms with Crippen molar-refractivity contribution in [2.75, 3.05) is 5.32 Å². The van der Waals surface area contributed by atoms with Gasteiger partial charge in [0.05, 0.1) is 12.5 Å². The first kappa shape index (κ1) is 17.5. The van der Waals surface area contributed by atoms with E-state index in [1.54, 1.807) is 11.3 Å². The van der Waals surface area contributed by atoms with Crippen molar-refractivity contribution in [2.45, 2.75) is 25.3 Å². The first-order valence-electron chi connectivity index (χ1n) is 8.97. The average Bonchev–Trinajstić information content (AvgIpc) is 3.44. The Balaban J connectivity index is 1.36. The highest BCUT2D eigenvalue weighted by Crippen LogP contribution is 2.23. The molecule has 1 amide bonds. The summed E-state index contributed by atoms with van der Waals surface area (Å²) in [4.78, 5) is 18.0. The van der Waals surface area contributed by atoms with Gasteiger partial charge in [0, 0.05) is 23.8 Å². The number of benzene rings is 2. The molecule has 0 spiro atoms. The largest absolute Gasteiger partial charge is 0.457 e. The summed E-state index contributed by atoms with van der Waals surface area (Å²) in [6.45, 7) is 0. The third-order valence-electron chi connectivity index (χ3n) is 4.32. The van der Waals surface area contributed by atoms with Crippen molar-refractivity contribution in [3.05, 3.63) is 70.5 Å². The highest BCUT2D eigenvalue weighted by atomic mass is 32.1. The van der Waals surface area contributed by atoms with Gasteiger partial charge in [0.2, 0.25) is 5.91 Å². The van der Waals surface area contributed by atoms with Gasteiger partial charge in [0.15, 0.2) is 4.80 Å². The van der Waals surface area contributed by atoms with E-state index in [-0.39, 0.29) is 5.91 Å². The van der Waals surface area contributed by atoms with Gasteiger partial charge in [0.1, 0.15) is 11.5 Å². The molecule has 1 fully saturated rings. The van der Waals surface area contributed by atoms with E-state index >= 15 is 0 Å². The van der Waals surface area contributed by atoms with Gasteiger partial charge in [-0.05, 0) is 49.2 Å². The van der Waals surface area contributed by atoms with E-state index in [0.29, 0.717) is 12.5 Å². The fourth-order valence-corrected chi connectivity index (χ4v) is 3.61. The van der Waals surface area contributed by atoms with Crippen LogP contribution in [0.2, 0.25) is 0 Å². The molecule has 0 saturated heterocycles. The van der Waals surface area contributed by atoms with Gasteiger partial charge in [-0.1, -0.05) is 18.2 Å². The Bertz CT molecular complexity index is 986. The number of amides is 1. The zero-order valence-electron chi connectivity index (χ0n) is 15.1. The van der Waals surface area contributed by atoms with E-state index < -0.39 is 0 Å². The Kier molecular flexibility index (Phi) is 5.07. The van der Waals surface area contributed by atoms with Crippen LogP contribution in [0.15, 0.2) is 65.0 Å². The molecule has 0 atom stereocenters. The number of carbonyl (C=O) groups is 1. The van der Waals surface area contributed by atoms with Gasteiger partial charge in [-0.2, -0.15) is 0 Å². The number of thiazole rings is 1. The standard InChI is InChI=1S/C21H21N3O2S/c1-24-17(14-27-21(24)23-16-7-8-16)13-20(25)22-15-9-11-19(12-10-15)26-18-5-3-2-4-6-18/h2-6,9-12,14,16H,7-8,13H2,1H3,(H,22,25). The number of carbonyl (C=O) groups excluding carboxylic acids is 1. The summed E-state index contributed by atoms with van der Waals surface area (Å²) in [7, 11) is 1.97. The lowest BCUT2D eigenvalue weighted by Crippen LogP contribution is -2.20. The molecule has 4 rings (SSSR count). The van der Waals surface area contributed by atoms with Crippen LogP contribution in [0.25, 0.3) is 0 Å². The molecule has 1 aromatic heterocycles. The topological polar surface area (TPSA) is 55.6 Å². The third-order valence-corrected chi connectivity index (χ3v) is 5.30. The van der Waals surface area contributed by atoms with Crippen LogP contribution in [0.3, 0.4) is 0 Å². The van der Waals surface area contributed by atoms with Crippen LogP contribution in [0.1, 0.15) is 18.5 Å². The highest BCUT2D eigenvalue weighted by molar-refractivity contribution is 7.07. The summed E-state index contributed by atoms with van der Waals surface area (Å²) in [5, 5.41) is 4.95. The molecular formula is C21H21N3O2S. The minimum absolute atomic E-state index is 0.0434. The number of anilines is 1. The van der Waals surface area contributed by atoms with Crippen LogP contribution in [-0.2, 0) is 18.3 Å². The van der Waals surface area contributed by atoms with Crippen LogP contribution < -0.4 is 14.9 Å². The van der Waals surface area contributed by atoms with E-state index in [1.807, 2.05) is 71.6 Å². The van der Waals surface area contributed by atoms with Crippen molar-refractivity contribution >= 4 is 22.9 Å². The van der Waals surface area contributed by atoms with Crippen molar-refractivity contribution in [3.8, 4) is 11.5 Å². The summed E-state index contributed by atoms with van der Waals surface area (Å²) in [6, 6.07) is 17.5. The molecule has 3 aromatic rings. The normalized spacial score (nSPS) is 14.2. The molecule has 138 valence electrons. The van der Waals surface area contributed by atoms with Crippen molar-refractivity contribution < 1.29 is 9.53 Å². The molecule has 27 heavy (non-hydrogen) atoms. The molecule has 0 aliphatic heterocycles. The van der Waals surface area contributed by atoms with Crippen molar-refractivity contribution in [3.63, 3.8) is 0 Å². The van der Waals surface area contributed by atoms with E-state index in [1.165, 1.54) is 12.8 Å². The number of para-hydroxylation sites is 1. The molecule has 1 aliphatic rings. The third kappa shape index (κ3) is 4.65. The summed E-state index contributed by atoms with van der Waals surface area (Å²) in [5.41, 5.74) is 1.72. The molecule has 6 heteroatoms. The fraction of sp³-hybridized carbons (Fsp3) is 0.238. The second-order valence-electron chi connectivity index (χ2n) is 6.59. The Morgan fingerprint density at radius 2 is 1.85 bits per heavy atom. The van der Waals surface area contributed by atoms with Crippen LogP contribution in [0, 0.1) is 0 Å². The van der Waals surface area contributed by atoms with E-state index in [2.05, 4.69) is 10.3 Å². The number of nitrogens with zero attached hydrogens (tertiary/aromatic N) is 2. The predicted octanol–water partition coefficient (Wildman–Crippen LogP) is 4.12. The lowest BCUT2D eigenvalue weighted by Gasteiger charge is -2.08. The molecule has 0 unspecified atom stereocenters. The molecular weight excluding hydrogens is 358 g/mol. The van der Waals surface area contributed by atoms with Crippen molar-refractivity contribution in [1.82, 2.24) is 4.57 Å². The number of nitrogens with one attached hydrogen (secondary N) is 1. The van der Waals surface area contributed by atoms with E-state index in [0.717, 1.165) is 27.7 Å². The van der Waals surface area contributed by atoms with Crippen molar-refractivity contribution in [1.29, 1.82) is 0 Å². The zero-order chi connectivity index (χ0) is 18.6. The Morgan fingerprint density at radius 3 is 2.56 bits per heavy atom. The number of aromatic nitrogens is 1. The quantitative estimate of drug-likeness (QED) is 0.700. The summed E-state index contributed by atoms with van der Waals surface area (Å²) >= 11 is 1.60. The zero-order valence-corrected chi connectivity index (χ0v) is 15.9. The van der Waals surface area contributed by atoms with Crippen molar-refractivity contribution in [2.24, 2.45) is 12.0 Å². The lowest BCUT2D eigenvalue weighted by molar-refractivity contribution is -0.115. The maximum absolute atomic E-state index is 12.4. The number of hydrogen-bond acceptors (Lipinski definition) is 4. The van der Waals surface area contributed by atoms with Gasteiger partial charge in [-0.15, -0.1) is 11.3 Å². The molecule has 1 aliphatic carbocycles. The average molecular weight is 379 g/mol. The SMILES string of the molecule is Cn1c(CC(=O)Nc2ccc(Oc3ccccc3)cc2)csc1=NC1CC1. The Labute approximate surface area is 162 Å². The van der Waals surface area contributed by atoms with Gasteiger partial charge >= 0.3 is 0 Å². The molecule has 0 bridgehead atoms. The molecule has 1 N–H and O–H groups in total. The maximum Gasteiger partial charge on any atom is 0.230 e. The summed E-state index contributed by atoms with van der Waals surface area (Å²) in [6.07, 6.45) is 2.69. The highest BCUT2D eigenvalue weighted by Gasteiger charge is 2.20. The molecule has 1 heterocycles. The number of ether oxygens (including phenoxy) is 1. The van der Waals surface area contributed by atoms with Gasteiger partial charge in [-0.3, -0.25) is 9.79 Å². The monoisotopic (exact) mass is 379 g/mol. The molecule has 0 radical (unpaired) electrons. The second-order valence-corrected chi connectivity index (χ2v) is 7.43. The minimum Gasteiger partial charge on any atom is -0.457 e. The Morgan fingerprint density at radius 1 is 1.15 bits per heavy atom. The van der Waals surface area contributed by atoms with Crippen LogP contribution in [0.4, 0.5) is 5.69 Å². The van der Waals surface area contributed by atoms with Crippen LogP contribution in [-0.4, -0.2) is 16.5 Å². The maximum atomic E-state index is 12.4. The minimum atomic E-state index is -0.0434. The summed E-state index contributed by atoms with van der Waals surface area (Å²) < 4.78 is 7.78. The molecule has 2 aromatic carbocycles. The second kappa shape index (κ2) is 7.80. The van der Waals surface area contributed by atoms with E-state index in [4.69, 9.17) is 4.74 Å². The first-order chi connectivity index (χ1) is 13.2. The van der Waals surface area contributed by atoms with E-state index in [9.17, 15) is 4.79 Å². The smallest absolute Gasteiger partial charge is 0.230 e. The Hall–Kier alpha value is -2.86. The number of hydrogen-bond donors (Lipinski definition) is 1. The lowest BCUT2D eigenvalue weighted by atomic mass is 10.2. The van der Waals surface area contributed by atoms with Gasteiger partial charge in [-0.25, -0.2) is 0 Å². The first-order valence-corrected chi connectivity index (χ1v) is 9.85. The van der Waals surface area contributed by atoms with Gasteiger partial charge < -0.3 is 14.6 Å². The van der Waals surface area contributed by atoms with Gasteiger partial charge in [0.25, 0.3) is 0 Å². The predicted molar refractivity (Wildman–Crippen MR) is 107 cm³/mol. The molecule has 5 nitrogen and oxygen atoms in total. The molecule has 1 saturated carbocycles.